The molecule has 0 aliphatic heterocycles. The van der Waals surface area contributed by atoms with Gasteiger partial charge in [0.05, 0.1) is 12.1 Å². The van der Waals surface area contributed by atoms with Crippen molar-refractivity contribution in [2.75, 3.05) is 0 Å². The SMILES string of the molecule is CCCCc1nc(C(=O)CCC)nn1Cc1ccc(-n2ccc(C(F)(F)F)c2-c2nn[nH]n2)cc1. The summed E-state index contributed by atoms with van der Waals surface area (Å²) in [6.07, 6.45) is 0.488. The largest absolute Gasteiger partial charge is 0.418 e. The predicted octanol–water partition coefficient (Wildman–Crippen LogP) is 4.64. The van der Waals surface area contributed by atoms with E-state index in [1.54, 1.807) is 28.9 Å². The van der Waals surface area contributed by atoms with Gasteiger partial charge in [-0.3, -0.25) is 4.79 Å². The Morgan fingerprint density at radius 3 is 2.49 bits per heavy atom. The third kappa shape index (κ3) is 5.31. The van der Waals surface area contributed by atoms with Crippen LogP contribution in [0.25, 0.3) is 17.2 Å². The van der Waals surface area contributed by atoms with Gasteiger partial charge in [-0.25, -0.2) is 9.67 Å². The van der Waals surface area contributed by atoms with Gasteiger partial charge in [-0.1, -0.05) is 32.4 Å². The fourth-order valence-electron chi connectivity index (χ4n) is 3.78. The van der Waals surface area contributed by atoms with Crippen LogP contribution in [-0.2, 0) is 19.1 Å². The molecule has 4 rings (SSSR count). The van der Waals surface area contributed by atoms with Gasteiger partial charge < -0.3 is 4.57 Å². The van der Waals surface area contributed by atoms with E-state index < -0.39 is 11.7 Å². The van der Waals surface area contributed by atoms with Gasteiger partial charge in [0.1, 0.15) is 11.5 Å². The fraction of sp³-hybridized carbons (Fsp3) is 0.391. The van der Waals surface area contributed by atoms with Crippen LogP contribution in [0.4, 0.5) is 13.2 Å². The first-order chi connectivity index (χ1) is 16.8. The molecule has 0 saturated carbocycles. The molecule has 1 aromatic carbocycles. The molecule has 3 heterocycles. The van der Waals surface area contributed by atoms with Gasteiger partial charge in [0.15, 0.2) is 0 Å². The Labute approximate surface area is 199 Å². The normalized spacial score (nSPS) is 11.8. The molecule has 0 aliphatic carbocycles. The Bertz CT molecular complexity index is 1270. The number of halogens is 3. The number of Topliss-reactive ketones (excluding diaryl/α,β-unsaturated/α-hetero) is 1. The Morgan fingerprint density at radius 2 is 1.86 bits per heavy atom. The van der Waals surface area contributed by atoms with Crippen molar-refractivity contribution < 1.29 is 18.0 Å². The minimum absolute atomic E-state index is 0.0820. The number of alkyl halides is 3. The van der Waals surface area contributed by atoms with E-state index >= 15 is 0 Å². The number of nitrogens with one attached hydrogen (secondary N) is 1. The number of hydrogen-bond acceptors (Lipinski definition) is 6. The van der Waals surface area contributed by atoms with Crippen LogP contribution in [0.1, 0.15) is 67.1 Å². The van der Waals surface area contributed by atoms with Gasteiger partial charge in [-0.15, -0.1) is 15.3 Å². The molecular weight excluding hydrogens is 461 g/mol. The van der Waals surface area contributed by atoms with Crippen LogP contribution in [0.15, 0.2) is 36.5 Å². The van der Waals surface area contributed by atoms with E-state index in [9.17, 15) is 18.0 Å². The van der Waals surface area contributed by atoms with Crippen LogP contribution in [0.5, 0.6) is 0 Å². The highest BCUT2D eigenvalue weighted by molar-refractivity contribution is 5.92. The standard InChI is InChI=1S/C23H25F3N8O/c1-3-5-7-19-27-21(18(35)6-4-2)30-34(19)14-15-8-10-16(11-9-15)33-13-12-17(23(24,25)26)20(33)22-28-31-32-29-22/h8-13H,3-7,14H2,1-2H3,(H,28,29,31,32). The van der Waals surface area contributed by atoms with Gasteiger partial charge >= 0.3 is 6.18 Å². The molecule has 9 nitrogen and oxygen atoms in total. The summed E-state index contributed by atoms with van der Waals surface area (Å²) in [6.45, 7) is 4.40. The Morgan fingerprint density at radius 1 is 1.09 bits per heavy atom. The highest BCUT2D eigenvalue weighted by atomic mass is 19.4. The van der Waals surface area contributed by atoms with Crippen molar-refractivity contribution in [3.63, 3.8) is 0 Å². The van der Waals surface area contributed by atoms with E-state index in [0.29, 0.717) is 25.1 Å². The molecule has 0 bridgehead atoms. The maximum absolute atomic E-state index is 13.6. The van der Waals surface area contributed by atoms with E-state index in [1.807, 2.05) is 6.92 Å². The number of carbonyl (C=O) groups is 1. The second kappa shape index (κ2) is 10.2. The van der Waals surface area contributed by atoms with Crippen molar-refractivity contribution in [2.45, 2.75) is 58.7 Å². The second-order valence-electron chi connectivity index (χ2n) is 8.13. The van der Waals surface area contributed by atoms with E-state index in [-0.39, 0.29) is 23.1 Å². The van der Waals surface area contributed by atoms with E-state index in [4.69, 9.17) is 0 Å². The molecule has 3 aromatic heterocycles. The molecule has 1 N–H and O–H groups in total. The first-order valence-corrected chi connectivity index (χ1v) is 11.4. The number of aryl methyl sites for hydroxylation is 1. The monoisotopic (exact) mass is 486 g/mol. The second-order valence-corrected chi connectivity index (χ2v) is 8.13. The Hall–Kier alpha value is -3.83. The van der Waals surface area contributed by atoms with Crippen molar-refractivity contribution in [1.82, 2.24) is 40.0 Å². The highest BCUT2D eigenvalue weighted by Crippen LogP contribution is 2.37. The maximum Gasteiger partial charge on any atom is 0.418 e. The zero-order valence-electron chi connectivity index (χ0n) is 19.4. The number of aromatic nitrogens is 8. The summed E-state index contributed by atoms with van der Waals surface area (Å²) in [4.78, 5) is 16.8. The Balaban J connectivity index is 1.63. The molecule has 0 fully saturated rings. The zero-order chi connectivity index (χ0) is 25.0. The molecule has 0 atom stereocenters. The summed E-state index contributed by atoms with van der Waals surface area (Å²) in [5, 5.41) is 17.5. The number of nitrogens with zero attached hydrogens (tertiary/aromatic N) is 7. The molecule has 0 amide bonds. The summed E-state index contributed by atoms with van der Waals surface area (Å²) in [7, 11) is 0. The number of benzene rings is 1. The average molecular weight is 487 g/mol. The number of hydrogen-bond donors (Lipinski definition) is 1. The Kier molecular flexibility index (Phi) is 7.08. The lowest BCUT2D eigenvalue weighted by Crippen LogP contribution is -2.09. The number of rotatable bonds is 10. The molecular formula is C23H25F3N8O. The van der Waals surface area contributed by atoms with Crippen molar-refractivity contribution in [1.29, 1.82) is 0 Å². The first-order valence-electron chi connectivity index (χ1n) is 11.4. The van der Waals surface area contributed by atoms with Crippen LogP contribution >= 0.6 is 0 Å². The van der Waals surface area contributed by atoms with Crippen molar-refractivity contribution in [3.8, 4) is 17.2 Å². The van der Waals surface area contributed by atoms with Gasteiger partial charge in [0, 0.05) is 24.7 Å². The maximum atomic E-state index is 13.6. The molecule has 35 heavy (non-hydrogen) atoms. The molecule has 184 valence electrons. The lowest BCUT2D eigenvalue weighted by molar-refractivity contribution is -0.137. The number of aromatic amines is 1. The summed E-state index contributed by atoms with van der Waals surface area (Å²) >= 11 is 0. The van der Waals surface area contributed by atoms with E-state index in [2.05, 4.69) is 37.6 Å². The third-order valence-corrected chi connectivity index (χ3v) is 5.52. The molecule has 0 unspecified atom stereocenters. The quantitative estimate of drug-likeness (QED) is 0.327. The first kappa shape index (κ1) is 24.3. The van der Waals surface area contributed by atoms with Crippen LogP contribution < -0.4 is 0 Å². The molecule has 0 spiro atoms. The number of unbranched alkanes of at least 4 members (excludes halogenated alkanes) is 1. The topological polar surface area (TPSA) is 107 Å². The van der Waals surface area contributed by atoms with Crippen LogP contribution in [0.2, 0.25) is 0 Å². The molecule has 4 aromatic rings. The highest BCUT2D eigenvalue weighted by Gasteiger charge is 2.37. The van der Waals surface area contributed by atoms with Crippen LogP contribution in [0, 0.1) is 0 Å². The average Bonchev–Trinajstić information content (AvgIpc) is 3.57. The molecule has 0 saturated heterocycles. The van der Waals surface area contributed by atoms with Gasteiger partial charge in [0.25, 0.3) is 0 Å². The fourth-order valence-corrected chi connectivity index (χ4v) is 3.78. The third-order valence-electron chi connectivity index (χ3n) is 5.52. The van der Waals surface area contributed by atoms with E-state index in [0.717, 1.165) is 36.7 Å². The molecule has 12 heteroatoms. The number of H-pyrrole nitrogens is 1. The summed E-state index contributed by atoms with van der Waals surface area (Å²) in [5.74, 6) is 0.738. The van der Waals surface area contributed by atoms with Gasteiger partial charge in [-0.05, 0) is 41.8 Å². The molecule has 0 aliphatic rings. The van der Waals surface area contributed by atoms with Gasteiger partial charge in [0.2, 0.25) is 17.4 Å². The molecule has 0 radical (unpaired) electrons. The predicted molar refractivity (Wildman–Crippen MR) is 121 cm³/mol. The summed E-state index contributed by atoms with van der Waals surface area (Å²) < 4.78 is 43.8. The smallest absolute Gasteiger partial charge is 0.313 e. The summed E-state index contributed by atoms with van der Waals surface area (Å²) in [5.41, 5.74) is 0.328. The summed E-state index contributed by atoms with van der Waals surface area (Å²) in [6, 6.07) is 8.03. The lowest BCUT2D eigenvalue weighted by Gasteiger charge is -2.12. The zero-order valence-corrected chi connectivity index (χ0v) is 19.4. The number of tetrazole rings is 1. The van der Waals surface area contributed by atoms with Crippen molar-refractivity contribution in [3.05, 3.63) is 59.3 Å². The minimum atomic E-state index is -4.57. The van der Waals surface area contributed by atoms with Crippen LogP contribution in [0.3, 0.4) is 0 Å². The lowest BCUT2D eigenvalue weighted by atomic mass is 10.2. The van der Waals surface area contributed by atoms with Crippen LogP contribution in [-0.4, -0.2) is 45.7 Å². The minimum Gasteiger partial charge on any atom is -0.313 e. The number of ketones is 1. The van der Waals surface area contributed by atoms with Gasteiger partial charge in [-0.2, -0.15) is 18.4 Å². The van der Waals surface area contributed by atoms with Crippen molar-refractivity contribution >= 4 is 5.78 Å². The number of carbonyl (C=O) groups excluding carboxylic acids is 1. The van der Waals surface area contributed by atoms with Crippen molar-refractivity contribution in [2.24, 2.45) is 0 Å². The van der Waals surface area contributed by atoms with E-state index in [1.165, 1.54) is 10.8 Å².